The number of carbonyl (C=O) groups is 1. The number of anilines is 4. The van der Waals surface area contributed by atoms with Crippen molar-refractivity contribution in [3.63, 3.8) is 0 Å². The molecule has 0 bridgehead atoms. The van der Waals surface area contributed by atoms with Crippen LogP contribution < -0.4 is 15.4 Å². The van der Waals surface area contributed by atoms with Crippen molar-refractivity contribution < 1.29 is 14.5 Å². The number of nitro groups is 1. The molecule has 9 nitrogen and oxygen atoms in total. The van der Waals surface area contributed by atoms with Gasteiger partial charge in [-0.05, 0) is 55.5 Å². The average Bonchev–Trinajstić information content (AvgIpc) is 2.81. The summed E-state index contributed by atoms with van der Waals surface area (Å²) in [5.74, 6) is 1.24. The molecule has 0 aliphatic heterocycles. The molecule has 0 spiro atoms. The van der Waals surface area contributed by atoms with Crippen molar-refractivity contribution in [1.29, 1.82) is 0 Å². The molecule has 1 heterocycles. The lowest BCUT2D eigenvalue weighted by atomic mass is 10.1. The van der Waals surface area contributed by atoms with Gasteiger partial charge in [0.25, 0.3) is 0 Å². The lowest BCUT2D eigenvalue weighted by Gasteiger charge is -2.11. The van der Waals surface area contributed by atoms with E-state index in [-0.39, 0.29) is 23.1 Å². The van der Waals surface area contributed by atoms with Gasteiger partial charge in [-0.1, -0.05) is 30.3 Å². The first kappa shape index (κ1) is 21.4. The fourth-order valence-corrected chi connectivity index (χ4v) is 3.05. The van der Waals surface area contributed by atoms with E-state index in [4.69, 9.17) is 4.74 Å². The van der Waals surface area contributed by atoms with Crippen LogP contribution in [-0.4, -0.2) is 20.7 Å². The molecule has 0 atom stereocenters. The van der Waals surface area contributed by atoms with Gasteiger partial charge in [0.15, 0.2) is 5.78 Å². The number of nitrogens with zero attached hydrogens (tertiary/aromatic N) is 3. The minimum atomic E-state index is -0.563. The second kappa shape index (κ2) is 9.56. The fourth-order valence-electron chi connectivity index (χ4n) is 3.05. The molecule has 0 fully saturated rings. The zero-order valence-electron chi connectivity index (χ0n) is 17.6. The molecule has 0 saturated carbocycles. The van der Waals surface area contributed by atoms with Crippen molar-refractivity contribution in [1.82, 2.24) is 9.97 Å². The van der Waals surface area contributed by atoms with Crippen molar-refractivity contribution in [3.05, 3.63) is 101 Å². The van der Waals surface area contributed by atoms with Crippen LogP contribution in [0.15, 0.2) is 85.2 Å². The molecule has 0 radical (unpaired) electrons. The van der Waals surface area contributed by atoms with Gasteiger partial charge in [-0.3, -0.25) is 14.9 Å². The van der Waals surface area contributed by atoms with E-state index in [2.05, 4.69) is 20.6 Å². The maximum Gasteiger partial charge on any atom is 0.353 e. The molecule has 2 N–H and O–H groups in total. The lowest BCUT2D eigenvalue weighted by molar-refractivity contribution is -0.383. The zero-order chi connectivity index (χ0) is 23.2. The summed E-state index contributed by atoms with van der Waals surface area (Å²) >= 11 is 0. The van der Waals surface area contributed by atoms with E-state index >= 15 is 0 Å². The Hall–Kier alpha value is -4.79. The third kappa shape index (κ3) is 5.28. The molecule has 9 heteroatoms. The number of benzene rings is 3. The highest BCUT2D eigenvalue weighted by Crippen LogP contribution is 2.33. The minimum absolute atomic E-state index is 0.00207. The number of ether oxygens (including phenoxy) is 1. The van der Waals surface area contributed by atoms with E-state index < -0.39 is 4.92 Å². The van der Waals surface area contributed by atoms with Crippen LogP contribution in [0.2, 0.25) is 0 Å². The Morgan fingerprint density at radius 3 is 2.12 bits per heavy atom. The van der Waals surface area contributed by atoms with E-state index in [0.717, 1.165) is 0 Å². The smallest absolute Gasteiger partial charge is 0.353 e. The predicted molar refractivity (Wildman–Crippen MR) is 125 cm³/mol. The molecular weight excluding hydrogens is 422 g/mol. The van der Waals surface area contributed by atoms with E-state index in [0.29, 0.717) is 28.4 Å². The van der Waals surface area contributed by atoms with Crippen LogP contribution in [0.3, 0.4) is 0 Å². The third-order valence-electron chi connectivity index (χ3n) is 4.63. The van der Waals surface area contributed by atoms with Gasteiger partial charge in [-0.15, -0.1) is 0 Å². The number of carbonyl (C=O) groups excluding carboxylic acids is 1. The maximum absolute atomic E-state index is 11.8. The summed E-state index contributed by atoms with van der Waals surface area (Å²) < 4.78 is 5.76. The first-order chi connectivity index (χ1) is 16.0. The number of rotatable bonds is 8. The SMILES string of the molecule is CC(=O)c1cccc(Nc2ncnc(Nc3ccc(Oc4ccccc4)cc3)c2[N+](=O)[O-])c1. The molecular formula is C24H19N5O4. The van der Waals surface area contributed by atoms with E-state index in [1.54, 1.807) is 48.5 Å². The highest BCUT2D eigenvalue weighted by atomic mass is 16.6. The van der Waals surface area contributed by atoms with Crippen LogP contribution in [0.25, 0.3) is 0 Å². The number of nitrogens with one attached hydrogen (secondary N) is 2. The number of para-hydroxylation sites is 1. The highest BCUT2D eigenvalue weighted by molar-refractivity contribution is 5.95. The van der Waals surface area contributed by atoms with E-state index in [1.165, 1.54) is 13.3 Å². The summed E-state index contributed by atoms with van der Waals surface area (Å²) in [7, 11) is 0. The topological polar surface area (TPSA) is 119 Å². The molecule has 3 aromatic carbocycles. The van der Waals surface area contributed by atoms with Gasteiger partial charge in [-0.2, -0.15) is 0 Å². The summed E-state index contributed by atoms with van der Waals surface area (Å²) in [6.45, 7) is 1.45. The Bertz CT molecular complexity index is 1290. The summed E-state index contributed by atoms with van der Waals surface area (Å²) in [6, 6.07) is 22.9. The van der Waals surface area contributed by atoms with Crippen LogP contribution in [-0.2, 0) is 0 Å². The fraction of sp³-hybridized carbons (Fsp3) is 0.0417. The number of Topliss-reactive ketones (excluding diaryl/α,β-unsaturated/α-hetero) is 1. The molecule has 0 amide bonds. The molecule has 33 heavy (non-hydrogen) atoms. The third-order valence-corrected chi connectivity index (χ3v) is 4.63. The lowest BCUT2D eigenvalue weighted by Crippen LogP contribution is -2.06. The predicted octanol–water partition coefficient (Wildman–Crippen LogP) is 5.87. The molecule has 1 aromatic heterocycles. The van der Waals surface area contributed by atoms with Gasteiger partial charge < -0.3 is 15.4 Å². The van der Waals surface area contributed by atoms with E-state index in [1.807, 2.05) is 30.3 Å². The normalized spacial score (nSPS) is 10.3. The Kier molecular flexibility index (Phi) is 6.21. The van der Waals surface area contributed by atoms with Gasteiger partial charge in [0, 0.05) is 16.9 Å². The number of hydrogen-bond donors (Lipinski definition) is 2. The molecule has 0 unspecified atom stereocenters. The highest BCUT2D eigenvalue weighted by Gasteiger charge is 2.23. The van der Waals surface area contributed by atoms with Crippen LogP contribution in [0, 0.1) is 10.1 Å². The number of aromatic nitrogens is 2. The molecule has 4 rings (SSSR count). The molecule has 0 saturated heterocycles. The van der Waals surface area contributed by atoms with Gasteiger partial charge in [-0.25, -0.2) is 9.97 Å². The van der Waals surface area contributed by atoms with Gasteiger partial charge in [0.2, 0.25) is 11.6 Å². The molecule has 0 aliphatic rings. The molecule has 164 valence electrons. The summed E-state index contributed by atoms with van der Waals surface area (Å²) in [5.41, 5.74) is 1.24. The Balaban J connectivity index is 1.56. The van der Waals surface area contributed by atoms with Gasteiger partial charge in [0.1, 0.15) is 17.8 Å². The minimum Gasteiger partial charge on any atom is -0.457 e. The monoisotopic (exact) mass is 441 g/mol. The van der Waals surface area contributed by atoms with Crippen molar-refractivity contribution in [3.8, 4) is 11.5 Å². The van der Waals surface area contributed by atoms with Crippen molar-refractivity contribution in [2.45, 2.75) is 6.92 Å². The van der Waals surface area contributed by atoms with Crippen LogP contribution in [0.4, 0.5) is 28.7 Å². The standard InChI is InChI=1S/C24H19N5O4/c1-16(30)17-6-5-7-19(14-17)28-24-22(29(31)32)23(25-15-26-24)27-18-10-12-21(13-11-18)33-20-8-3-2-4-9-20/h2-15H,1H3,(H2,25,26,27,28). The first-order valence-corrected chi connectivity index (χ1v) is 9.97. The zero-order valence-corrected chi connectivity index (χ0v) is 17.6. The number of ketones is 1. The summed E-state index contributed by atoms with van der Waals surface area (Å²) in [5, 5.41) is 17.7. The average molecular weight is 441 g/mol. The second-order valence-electron chi connectivity index (χ2n) is 7.00. The van der Waals surface area contributed by atoms with Crippen LogP contribution in [0.1, 0.15) is 17.3 Å². The van der Waals surface area contributed by atoms with Crippen molar-refractivity contribution in [2.24, 2.45) is 0 Å². The van der Waals surface area contributed by atoms with Crippen LogP contribution >= 0.6 is 0 Å². The Morgan fingerprint density at radius 1 is 0.848 bits per heavy atom. The largest absolute Gasteiger partial charge is 0.457 e. The van der Waals surface area contributed by atoms with E-state index in [9.17, 15) is 14.9 Å². The van der Waals surface area contributed by atoms with Crippen molar-refractivity contribution >= 4 is 34.5 Å². The van der Waals surface area contributed by atoms with Crippen LogP contribution in [0.5, 0.6) is 11.5 Å². The summed E-state index contributed by atoms with van der Waals surface area (Å²) in [4.78, 5) is 31.0. The summed E-state index contributed by atoms with van der Waals surface area (Å²) in [6.07, 6.45) is 1.22. The second-order valence-corrected chi connectivity index (χ2v) is 7.00. The number of hydrogen-bond acceptors (Lipinski definition) is 8. The van der Waals surface area contributed by atoms with Gasteiger partial charge in [0.05, 0.1) is 4.92 Å². The molecule has 0 aliphatic carbocycles. The Labute approximate surface area is 189 Å². The molecule has 4 aromatic rings. The first-order valence-electron chi connectivity index (χ1n) is 9.97. The Morgan fingerprint density at radius 2 is 1.48 bits per heavy atom. The van der Waals surface area contributed by atoms with Gasteiger partial charge >= 0.3 is 5.69 Å². The maximum atomic E-state index is 11.8. The quantitative estimate of drug-likeness (QED) is 0.198. The van der Waals surface area contributed by atoms with Crippen molar-refractivity contribution in [2.75, 3.05) is 10.6 Å².